The fraction of sp³-hybridized carbons (Fsp3) is 0.389. The van der Waals surface area contributed by atoms with E-state index < -0.39 is 102 Å². The summed E-state index contributed by atoms with van der Waals surface area (Å²) in [4.78, 5) is 53.2. The van der Waals surface area contributed by atoms with Gasteiger partial charge in [0, 0.05) is 48.7 Å². The second kappa shape index (κ2) is 13.9. The zero-order valence-electron chi connectivity index (χ0n) is 28.0. The summed E-state index contributed by atoms with van der Waals surface area (Å²) in [5.41, 5.74) is -2.41. The molecule has 3 aromatic carbocycles. The molecule has 15 heteroatoms. The Bertz CT molecular complexity index is 1890. The highest BCUT2D eigenvalue weighted by molar-refractivity contribution is 6.31. The Labute approximate surface area is 291 Å². The smallest absolute Gasteiger partial charge is 0.407 e. The van der Waals surface area contributed by atoms with E-state index in [-0.39, 0.29) is 41.0 Å². The molecule has 0 saturated carbocycles. The van der Waals surface area contributed by atoms with Gasteiger partial charge in [0.25, 0.3) is 0 Å². The quantitative estimate of drug-likeness (QED) is 0.124. The normalized spacial score (nSPS) is 25.3. The van der Waals surface area contributed by atoms with Crippen LogP contribution in [0.15, 0.2) is 42.5 Å². The van der Waals surface area contributed by atoms with Crippen LogP contribution in [0.1, 0.15) is 74.4 Å². The number of alkyl carbamates (subject to hydrolysis) is 1. The maximum Gasteiger partial charge on any atom is 0.407 e. The van der Waals surface area contributed by atoms with Crippen LogP contribution >= 0.6 is 0 Å². The highest BCUT2D eigenvalue weighted by Crippen LogP contribution is 2.52. The third kappa shape index (κ3) is 6.38. The summed E-state index contributed by atoms with van der Waals surface area (Å²) in [5, 5.41) is 60.9. The fourth-order valence-corrected chi connectivity index (χ4v) is 6.97. The molecule has 2 unspecified atom stereocenters. The lowest BCUT2D eigenvalue weighted by atomic mass is 9.72. The van der Waals surface area contributed by atoms with Crippen molar-refractivity contribution in [2.45, 2.75) is 69.0 Å². The predicted octanol–water partition coefficient (Wildman–Crippen LogP) is 2.01. The number of ketones is 3. The number of aliphatic hydroxyl groups excluding tert-OH is 2. The second-order valence-corrected chi connectivity index (χ2v) is 12.8. The summed E-state index contributed by atoms with van der Waals surface area (Å²) < 4.78 is 22.7. The number of amides is 1. The number of benzene rings is 3. The summed E-state index contributed by atoms with van der Waals surface area (Å²) in [6, 6.07) is 10.5. The molecule has 0 spiro atoms. The Kier molecular flexibility index (Phi) is 9.76. The number of carbonyl (C=O) groups is 4. The first-order valence-electron chi connectivity index (χ1n) is 16.2. The lowest BCUT2D eigenvalue weighted by molar-refractivity contribution is -0.249. The van der Waals surface area contributed by atoms with Crippen LogP contribution < -0.4 is 15.4 Å². The molecule has 270 valence electrons. The Hall–Kier alpha value is -5.06. The highest BCUT2D eigenvalue weighted by atomic mass is 16.7. The fourth-order valence-electron chi connectivity index (χ4n) is 6.97. The van der Waals surface area contributed by atoms with E-state index in [1.54, 1.807) is 19.2 Å². The number of rotatable bonds is 9. The highest BCUT2D eigenvalue weighted by Gasteiger charge is 2.50. The van der Waals surface area contributed by atoms with Crippen molar-refractivity contribution in [3.8, 4) is 17.2 Å². The number of hydrogen-bond acceptors (Lipinski definition) is 14. The van der Waals surface area contributed by atoms with Crippen molar-refractivity contribution in [1.82, 2.24) is 5.32 Å². The van der Waals surface area contributed by atoms with Crippen molar-refractivity contribution in [3.63, 3.8) is 0 Å². The molecule has 3 aliphatic rings. The topological polar surface area (TPSA) is 230 Å². The first-order valence-corrected chi connectivity index (χ1v) is 16.2. The number of fused-ring (bicyclic) bond motifs is 3. The van der Waals surface area contributed by atoms with Crippen LogP contribution in [-0.4, -0.2) is 99.9 Å². The van der Waals surface area contributed by atoms with Gasteiger partial charge in [0.15, 0.2) is 17.9 Å². The molecule has 7 N–H and O–H groups in total. The van der Waals surface area contributed by atoms with Gasteiger partial charge >= 0.3 is 6.09 Å². The molecule has 6 atom stereocenters. The van der Waals surface area contributed by atoms with Gasteiger partial charge in [0.2, 0.25) is 5.78 Å². The molecule has 0 radical (unpaired) electrons. The Morgan fingerprint density at radius 3 is 2.39 bits per heavy atom. The van der Waals surface area contributed by atoms with Gasteiger partial charge in [-0.15, -0.1) is 0 Å². The van der Waals surface area contributed by atoms with Gasteiger partial charge in [0.05, 0.1) is 42.0 Å². The number of nitrogens with one attached hydrogen (secondary N) is 2. The van der Waals surface area contributed by atoms with Crippen LogP contribution in [-0.2, 0) is 32.0 Å². The van der Waals surface area contributed by atoms with E-state index >= 15 is 0 Å². The monoisotopic (exact) mass is 706 g/mol. The Morgan fingerprint density at radius 2 is 1.73 bits per heavy atom. The van der Waals surface area contributed by atoms with Gasteiger partial charge in [-0.25, -0.2) is 4.79 Å². The summed E-state index contributed by atoms with van der Waals surface area (Å²) >= 11 is 0. The molecule has 1 heterocycles. The van der Waals surface area contributed by atoms with Crippen LogP contribution in [0.4, 0.5) is 10.5 Å². The Morgan fingerprint density at radius 1 is 1.02 bits per heavy atom. The third-order valence-corrected chi connectivity index (χ3v) is 9.68. The van der Waals surface area contributed by atoms with Crippen molar-refractivity contribution < 1.29 is 63.7 Å². The number of phenolic OH excluding ortho intramolecular Hbond substituents is 2. The summed E-state index contributed by atoms with van der Waals surface area (Å²) in [7, 11) is 3.08. The molecule has 51 heavy (non-hydrogen) atoms. The van der Waals surface area contributed by atoms with Crippen LogP contribution in [0, 0.1) is 0 Å². The lowest BCUT2D eigenvalue weighted by Crippen LogP contribution is -2.56. The minimum Gasteiger partial charge on any atom is -0.507 e. The first-order chi connectivity index (χ1) is 24.3. The molecule has 0 bridgehead atoms. The molecule has 15 nitrogen and oxygen atoms in total. The van der Waals surface area contributed by atoms with Gasteiger partial charge in [-0.3, -0.25) is 14.4 Å². The van der Waals surface area contributed by atoms with E-state index in [1.807, 2.05) is 12.1 Å². The molecule has 1 saturated heterocycles. The second-order valence-electron chi connectivity index (χ2n) is 12.8. The van der Waals surface area contributed by atoms with Crippen LogP contribution in [0.25, 0.3) is 0 Å². The molecule has 1 amide bonds. The van der Waals surface area contributed by atoms with Crippen molar-refractivity contribution >= 4 is 29.1 Å². The van der Waals surface area contributed by atoms with Crippen LogP contribution in [0.3, 0.4) is 0 Å². The van der Waals surface area contributed by atoms with E-state index in [2.05, 4.69) is 10.6 Å². The number of ether oxygens (including phenoxy) is 4. The zero-order valence-corrected chi connectivity index (χ0v) is 28.0. The maximum absolute atomic E-state index is 13.9. The van der Waals surface area contributed by atoms with E-state index in [4.69, 9.17) is 18.9 Å². The number of Topliss-reactive ketones (excluding diaryl/α,β-unsaturated/α-hetero) is 1. The molecule has 0 aromatic heterocycles. The number of carbonyl (C=O) groups excluding carboxylic acids is 4. The van der Waals surface area contributed by atoms with Crippen LogP contribution in [0.5, 0.6) is 17.2 Å². The molecule has 3 aromatic rings. The molecule has 1 fully saturated rings. The number of aliphatic hydroxyl groups is 3. The van der Waals surface area contributed by atoms with Gasteiger partial charge in [0.1, 0.15) is 42.2 Å². The average Bonchev–Trinajstić information content (AvgIpc) is 3.12. The number of anilines is 1. The van der Waals surface area contributed by atoms with Gasteiger partial charge in [-0.1, -0.05) is 24.3 Å². The van der Waals surface area contributed by atoms with E-state index in [0.717, 1.165) is 11.3 Å². The van der Waals surface area contributed by atoms with Gasteiger partial charge in [-0.05, 0) is 30.7 Å². The molecule has 6 rings (SSSR count). The summed E-state index contributed by atoms with van der Waals surface area (Å²) in [6.07, 6.45) is -7.03. The van der Waals surface area contributed by atoms with Crippen LogP contribution in [0.2, 0.25) is 0 Å². The molecular weight excluding hydrogens is 668 g/mol. The number of hydrogen-bond donors (Lipinski definition) is 7. The lowest BCUT2D eigenvalue weighted by Gasteiger charge is -2.42. The standard InChI is InChI=1S/C36H38N2O13/c1-16-30(41)21(38-35(46)49-15-17-7-9-18(37-2)10-8-17)11-25(50-16)51-23-13-36(47,24(40)14-39)12-20-27(23)34(45)29-28(32(20)43)31(42)19-5-4-6-22(48-3)26(19)33(29)44/h4-10,16,21,23,25,30,37,39,41,43,45,47H,11-15H2,1-3H3,(H,38,46)/t16-,21?,23?,25-,30+,36-/m0/s1. The average molecular weight is 707 g/mol. The third-order valence-electron chi connectivity index (χ3n) is 9.68. The Balaban J connectivity index is 1.31. The summed E-state index contributed by atoms with van der Waals surface area (Å²) in [6.45, 7) is 0.405. The number of methoxy groups -OCH3 is 1. The maximum atomic E-state index is 13.9. The SMILES string of the molecule is CNc1ccc(COC(=O)NC2C[C@H](OC3C[C@](O)(C(=O)CO)Cc4c(O)c5c(c(O)c43)C(=O)c3c(OC)cccc3C5=O)O[C@@H](C)[C@H]2O)cc1. The van der Waals surface area contributed by atoms with E-state index in [9.17, 15) is 44.7 Å². The largest absolute Gasteiger partial charge is 0.507 e. The molecule has 1 aliphatic heterocycles. The van der Waals surface area contributed by atoms with E-state index in [1.165, 1.54) is 32.2 Å². The number of phenols is 2. The molecular formula is C36H38N2O13. The molecule has 2 aliphatic carbocycles. The van der Waals surface area contributed by atoms with Gasteiger partial charge in [-0.2, -0.15) is 0 Å². The van der Waals surface area contributed by atoms with Crippen molar-refractivity contribution in [3.05, 3.63) is 81.4 Å². The predicted molar refractivity (Wildman–Crippen MR) is 177 cm³/mol. The minimum absolute atomic E-state index is 0.0500. The van der Waals surface area contributed by atoms with Gasteiger partial charge < -0.3 is 55.1 Å². The van der Waals surface area contributed by atoms with Crippen molar-refractivity contribution in [1.29, 1.82) is 0 Å². The van der Waals surface area contributed by atoms with E-state index in [0.29, 0.717) is 0 Å². The zero-order chi connectivity index (χ0) is 36.8. The van der Waals surface area contributed by atoms with Crippen molar-refractivity contribution in [2.75, 3.05) is 26.1 Å². The first kappa shape index (κ1) is 35.8. The minimum atomic E-state index is -2.33. The van der Waals surface area contributed by atoms with Crippen molar-refractivity contribution in [2.24, 2.45) is 0 Å². The summed E-state index contributed by atoms with van der Waals surface area (Å²) in [5.74, 6) is -4.05. The number of aromatic hydroxyl groups is 2.